The number of nitrogens with two attached hydrogens (primary N) is 1. The molecule has 108 valence electrons. The van der Waals surface area contributed by atoms with Crippen LogP contribution in [0.15, 0.2) is 33.9 Å². The third kappa shape index (κ3) is 3.44. The summed E-state index contributed by atoms with van der Waals surface area (Å²) in [5.74, 6) is 0.592. The molecule has 0 fully saturated rings. The van der Waals surface area contributed by atoms with Gasteiger partial charge in [-0.3, -0.25) is 0 Å². The van der Waals surface area contributed by atoms with Crippen LogP contribution in [-0.2, 0) is 23.0 Å². The van der Waals surface area contributed by atoms with E-state index in [4.69, 9.17) is 5.14 Å². The largest absolute Gasteiger partial charge is 0.300 e. The molecular weight excluding hydrogens is 344 g/mol. The minimum absolute atomic E-state index is 0.177. The average Bonchev–Trinajstić information content (AvgIpc) is 2.73. The van der Waals surface area contributed by atoms with Crippen molar-refractivity contribution in [3.8, 4) is 0 Å². The Morgan fingerprint density at radius 3 is 2.70 bits per heavy atom. The molecule has 0 amide bonds. The van der Waals surface area contributed by atoms with E-state index in [9.17, 15) is 8.42 Å². The Labute approximate surface area is 126 Å². The number of nitrogens with zero attached hydrogens (tertiary/aromatic N) is 3. The summed E-state index contributed by atoms with van der Waals surface area (Å²) in [6.07, 6.45) is 1.27. The number of aromatic nitrogens is 3. The van der Waals surface area contributed by atoms with Gasteiger partial charge in [0, 0.05) is 17.4 Å². The Morgan fingerprint density at radius 2 is 2.10 bits per heavy atom. The summed E-state index contributed by atoms with van der Waals surface area (Å²) >= 11 is 3.40. The zero-order valence-electron chi connectivity index (χ0n) is 11.0. The molecule has 0 unspecified atom stereocenters. The molecular formula is C12H15BrN4O2S. The van der Waals surface area contributed by atoms with Crippen LogP contribution in [0.1, 0.15) is 24.7 Å². The highest BCUT2D eigenvalue weighted by Crippen LogP contribution is 2.16. The molecule has 0 aliphatic heterocycles. The third-order valence-corrected chi connectivity index (χ3v) is 4.05. The SMILES string of the molecule is CCCn1c(Cc2cccc(Br)c2)nnc1S(N)(=O)=O. The predicted octanol–water partition coefficient (Wildman–Crippen LogP) is 1.69. The summed E-state index contributed by atoms with van der Waals surface area (Å²) in [4.78, 5) is 0. The van der Waals surface area contributed by atoms with Gasteiger partial charge in [0.2, 0.25) is 0 Å². The predicted molar refractivity (Wildman–Crippen MR) is 78.6 cm³/mol. The minimum atomic E-state index is -3.86. The summed E-state index contributed by atoms with van der Waals surface area (Å²) in [5, 5.41) is 12.7. The van der Waals surface area contributed by atoms with Gasteiger partial charge in [-0.25, -0.2) is 13.6 Å². The molecule has 0 aliphatic carbocycles. The minimum Gasteiger partial charge on any atom is -0.300 e. The van der Waals surface area contributed by atoms with Crippen LogP contribution in [0, 0.1) is 0 Å². The number of rotatable bonds is 5. The number of hydrogen-bond donors (Lipinski definition) is 1. The molecule has 0 aliphatic rings. The van der Waals surface area contributed by atoms with E-state index < -0.39 is 10.0 Å². The van der Waals surface area contributed by atoms with Gasteiger partial charge in [-0.05, 0) is 24.1 Å². The van der Waals surface area contributed by atoms with Crippen molar-refractivity contribution in [3.63, 3.8) is 0 Å². The topological polar surface area (TPSA) is 90.9 Å². The maximum Gasteiger partial charge on any atom is 0.273 e. The molecule has 1 aromatic carbocycles. The summed E-state index contributed by atoms with van der Waals surface area (Å²) in [6, 6.07) is 7.75. The van der Waals surface area contributed by atoms with Crippen molar-refractivity contribution in [1.82, 2.24) is 14.8 Å². The van der Waals surface area contributed by atoms with E-state index in [0.29, 0.717) is 18.8 Å². The quantitative estimate of drug-likeness (QED) is 0.880. The van der Waals surface area contributed by atoms with Crippen molar-refractivity contribution < 1.29 is 8.42 Å². The molecule has 0 saturated carbocycles. The van der Waals surface area contributed by atoms with Crippen LogP contribution in [0.2, 0.25) is 0 Å². The molecule has 0 spiro atoms. The zero-order chi connectivity index (χ0) is 14.8. The van der Waals surface area contributed by atoms with Gasteiger partial charge < -0.3 is 4.57 Å². The molecule has 1 aromatic heterocycles. The van der Waals surface area contributed by atoms with Gasteiger partial charge in [-0.15, -0.1) is 10.2 Å². The Bertz CT molecular complexity index is 712. The highest BCUT2D eigenvalue weighted by molar-refractivity contribution is 9.10. The van der Waals surface area contributed by atoms with Gasteiger partial charge in [0.1, 0.15) is 5.82 Å². The summed E-state index contributed by atoms with van der Waals surface area (Å²) in [7, 11) is -3.86. The molecule has 2 rings (SSSR count). The molecule has 1 heterocycles. The van der Waals surface area contributed by atoms with E-state index in [2.05, 4.69) is 26.1 Å². The van der Waals surface area contributed by atoms with Crippen LogP contribution in [-0.4, -0.2) is 23.2 Å². The summed E-state index contributed by atoms with van der Waals surface area (Å²) in [5.41, 5.74) is 1.02. The van der Waals surface area contributed by atoms with E-state index in [-0.39, 0.29) is 5.16 Å². The van der Waals surface area contributed by atoms with E-state index in [1.54, 1.807) is 4.57 Å². The van der Waals surface area contributed by atoms with Gasteiger partial charge in [-0.2, -0.15) is 0 Å². The van der Waals surface area contributed by atoms with Crippen LogP contribution in [0.5, 0.6) is 0 Å². The Hall–Kier alpha value is -1.25. The molecule has 0 bridgehead atoms. The maximum absolute atomic E-state index is 11.5. The first-order valence-electron chi connectivity index (χ1n) is 6.11. The van der Waals surface area contributed by atoms with Crippen LogP contribution >= 0.6 is 15.9 Å². The molecule has 0 radical (unpaired) electrons. The first kappa shape index (κ1) is 15.1. The van der Waals surface area contributed by atoms with Crippen molar-refractivity contribution >= 4 is 26.0 Å². The second-order valence-corrected chi connectivity index (χ2v) is 6.77. The van der Waals surface area contributed by atoms with Crippen molar-refractivity contribution in [3.05, 3.63) is 40.1 Å². The normalized spacial score (nSPS) is 11.8. The Morgan fingerprint density at radius 1 is 1.35 bits per heavy atom. The Balaban J connectivity index is 2.39. The maximum atomic E-state index is 11.5. The standard InChI is InChI=1S/C12H15BrN4O2S/c1-2-6-17-11(15-16-12(17)20(14,18)19)8-9-4-3-5-10(13)7-9/h3-5,7H,2,6,8H2,1H3,(H2,14,18,19). The third-order valence-electron chi connectivity index (χ3n) is 2.75. The second-order valence-electron chi connectivity index (χ2n) is 4.40. The van der Waals surface area contributed by atoms with Crippen LogP contribution in [0.3, 0.4) is 0 Å². The van der Waals surface area contributed by atoms with Crippen LogP contribution < -0.4 is 5.14 Å². The van der Waals surface area contributed by atoms with Gasteiger partial charge in [0.25, 0.3) is 15.2 Å². The highest BCUT2D eigenvalue weighted by Gasteiger charge is 2.20. The zero-order valence-corrected chi connectivity index (χ0v) is 13.4. The number of hydrogen-bond acceptors (Lipinski definition) is 4. The van der Waals surface area contributed by atoms with Gasteiger partial charge in [0.15, 0.2) is 0 Å². The number of halogens is 1. The van der Waals surface area contributed by atoms with Crippen molar-refractivity contribution in [2.75, 3.05) is 0 Å². The molecule has 2 aromatic rings. The van der Waals surface area contributed by atoms with E-state index in [1.807, 2.05) is 31.2 Å². The monoisotopic (exact) mass is 358 g/mol. The van der Waals surface area contributed by atoms with Gasteiger partial charge in [0.05, 0.1) is 0 Å². The lowest BCUT2D eigenvalue weighted by Gasteiger charge is -2.08. The fourth-order valence-electron chi connectivity index (χ4n) is 1.94. The molecule has 8 heteroatoms. The molecule has 6 nitrogen and oxygen atoms in total. The summed E-state index contributed by atoms with van der Waals surface area (Å²) in [6.45, 7) is 2.47. The number of sulfonamides is 1. The fourth-order valence-corrected chi connectivity index (χ4v) is 3.04. The Kier molecular flexibility index (Phi) is 4.56. The molecule has 0 saturated heterocycles. The van der Waals surface area contributed by atoms with Crippen LogP contribution in [0.4, 0.5) is 0 Å². The van der Waals surface area contributed by atoms with Crippen LogP contribution in [0.25, 0.3) is 0 Å². The van der Waals surface area contributed by atoms with Crippen molar-refractivity contribution in [2.24, 2.45) is 5.14 Å². The first-order chi connectivity index (χ1) is 9.41. The smallest absolute Gasteiger partial charge is 0.273 e. The lowest BCUT2D eigenvalue weighted by molar-refractivity contribution is 0.550. The van der Waals surface area contributed by atoms with Crippen molar-refractivity contribution in [1.29, 1.82) is 0 Å². The van der Waals surface area contributed by atoms with E-state index in [0.717, 1.165) is 16.5 Å². The molecule has 20 heavy (non-hydrogen) atoms. The van der Waals surface area contributed by atoms with E-state index >= 15 is 0 Å². The van der Waals surface area contributed by atoms with Gasteiger partial charge >= 0.3 is 0 Å². The lowest BCUT2D eigenvalue weighted by Crippen LogP contribution is -2.19. The second kappa shape index (κ2) is 6.02. The summed E-state index contributed by atoms with van der Waals surface area (Å²) < 4.78 is 25.5. The average molecular weight is 359 g/mol. The van der Waals surface area contributed by atoms with E-state index in [1.165, 1.54) is 0 Å². The van der Waals surface area contributed by atoms with Crippen molar-refractivity contribution in [2.45, 2.75) is 31.5 Å². The molecule has 2 N–H and O–H groups in total. The number of primary sulfonamides is 1. The first-order valence-corrected chi connectivity index (χ1v) is 8.45. The highest BCUT2D eigenvalue weighted by atomic mass is 79.9. The lowest BCUT2D eigenvalue weighted by atomic mass is 10.1. The fraction of sp³-hybridized carbons (Fsp3) is 0.333. The molecule has 0 atom stereocenters. The van der Waals surface area contributed by atoms with Gasteiger partial charge in [-0.1, -0.05) is 35.0 Å². The number of benzene rings is 1.